The van der Waals surface area contributed by atoms with Crippen LogP contribution in [0.4, 0.5) is 23.2 Å². The molecule has 0 fully saturated rings. The lowest BCUT2D eigenvalue weighted by molar-refractivity contribution is -0.137. The molecule has 0 atom stereocenters. The number of anilines is 1. The fourth-order valence-electron chi connectivity index (χ4n) is 3.12. The molecule has 0 saturated carbocycles. The average Bonchev–Trinajstić information content (AvgIpc) is 2.80. The van der Waals surface area contributed by atoms with Gasteiger partial charge in [-0.25, -0.2) is 12.8 Å². The lowest BCUT2D eigenvalue weighted by atomic mass is 10.2. The number of nitrogens with zero attached hydrogens (tertiary/aromatic N) is 1. The number of alkyl halides is 3. The van der Waals surface area contributed by atoms with Gasteiger partial charge < -0.3 is 10.1 Å². The number of benzene rings is 3. The fourth-order valence-corrected chi connectivity index (χ4v) is 4.20. The Kier molecular flexibility index (Phi) is 8.47. The van der Waals surface area contributed by atoms with Crippen LogP contribution in [0.15, 0.2) is 66.7 Å². The number of carbonyl (C=O) groups is 1. The van der Waals surface area contributed by atoms with Crippen LogP contribution >= 0.6 is 11.6 Å². The van der Waals surface area contributed by atoms with E-state index in [2.05, 4.69) is 5.32 Å². The third-order valence-corrected chi connectivity index (χ3v) is 6.43. The second-order valence-electron chi connectivity index (χ2n) is 7.77. The van der Waals surface area contributed by atoms with Gasteiger partial charge in [-0.15, -0.1) is 0 Å². The summed E-state index contributed by atoms with van der Waals surface area (Å²) in [6, 6.07) is 15.2. The predicted molar refractivity (Wildman–Crippen MR) is 128 cm³/mol. The minimum Gasteiger partial charge on any atom is -0.489 e. The number of sulfonamides is 1. The highest BCUT2D eigenvalue weighted by Crippen LogP contribution is 2.37. The number of amides is 1. The lowest BCUT2D eigenvalue weighted by Crippen LogP contribution is -2.40. The largest absolute Gasteiger partial charge is 0.489 e. The predicted octanol–water partition coefficient (Wildman–Crippen LogP) is 5.16. The van der Waals surface area contributed by atoms with Crippen molar-refractivity contribution in [2.75, 3.05) is 17.1 Å². The Hall–Kier alpha value is -3.31. The standard InChI is InChI=1S/C24H21ClF4N2O4S/c1-36(33,34)31(19-8-11-22(25)21(12-19)24(27,28)29)14-23(32)30-13-16-4-9-20(10-5-16)35-15-17-2-6-18(26)7-3-17/h2-12H,13-15H2,1H3,(H,30,32). The molecule has 0 aliphatic carbocycles. The van der Waals surface area contributed by atoms with Gasteiger partial charge in [0.2, 0.25) is 15.9 Å². The maximum Gasteiger partial charge on any atom is 0.417 e. The highest BCUT2D eigenvalue weighted by molar-refractivity contribution is 7.92. The molecule has 0 spiro atoms. The first-order valence-electron chi connectivity index (χ1n) is 10.4. The third kappa shape index (κ3) is 7.59. The maximum absolute atomic E-state index is 13.2. The summed E-state index contributed by atoms with van der Waals surface area (Å²) in [5, 5.41) is 1.95. The van der Waals surface area contributed by atoms with Crippen LogP contribution in [-0.2, 0) is 34.1 Å². The van der Waals surface area contributed by atoms with Crippen molar-refractivity contribution in [3.8, 4) is 5.75 Å². The van der Waals surface area contributed by atoms with Crippen molar-refractivity contribution in [2.45, 2.75) is 19.3 Å². The smallest absolute Gasteiger partial charge is 0.417 e. The highest BCUT2D eigenvalue weighted by Gasteiger charge is 2.34. The molecule has 0 radical (unpaired) electrons. The van der Waals surface area contributed by atoms with Gasteiger partial charge in [0.15, 0.2) is 0 Å². The van der Waals surface area contributed by atoms with Gasteiger partial charge in [-0.2, -0.15) is 13.2 Å². The summed E-state index contributed by atoms with van der Waals surface area (Å²) in [5.74, 6) is -0.523. The Morgan fingerprint density at radius 2 is 1.61 bits per heavy atom. The van der Waals surface area contributed by atoms with E-state index in [4.69, 9.17) is 16.3 Å². The molecule has 0 bridgehead atoms. The van der Waals surface area contributed by atoms with Crippen LogP contribution in [0.5, 0.6) is 5.75 Å². The van der Waals surface area contributed by atoms with Crippen molar-refractivity contribution in [1.82, 2.24) is 5.32 Å². The molecule has 1 amide bonds. The zero-order chi connectivity index (χ0) is 26.5. The monoisotopic (exact) mass is 544 g/mol. The van der Waals surface area contributed by atoms with E-state index in [9.17, 15) is 30.8 Å². The molecule has 6 nitrogen and oxygen atoms in total. The molecule has 192 valence electrons. The highest BCUT2D eigenvalue weighted by atomic mass is 35.5. The summed E-state index contributed by atoms with van der Waals surface area (Å²) < 4.78 is 83.1. The minimum absolute atomic E-state index is 0.0447. The Balaban J connectivity index is 1.61. The summed E-state index contributed by atoms with van der Waals surface area (Å²) in [6.07, 6.45) is -4.01. The second-order valence-corrected chi connectivity index (χ2v) is 10.1. The molecule has 3 rings (SSSR count). The van der Waals surface area contributed by atoms with Crippen LogP contribution in [0.1, 0.15) is 16.7 Å². The van der Waals surface area contributed by atoms with Gasteiger partial charge in [-0.1, -0.05) is 35.9 Å². The third-order valence-electron chi connectivity index (χ3n) is 4.96. The number of rotatable bonds is 9. The van der Waals surface area contributed by atoms with Crippen molar-refractivity contribution in [3.63, 3.8) is 0 Å². The SMILES string of the molecule is CS(=O)(=O)N(CC(=O)NCc1ccc(OCc2ccc(F)cc2)cc1)c1ccc(Cl)c(C(F)(F)F)c1. The normalized spacial score (nSPS) is 11.7. The molecule has 36 heavy (non-hydrogen) atoms. The molecule has 0 aliphatic rings. The molecule has 1 N–H and O–H groups in total. The maximum atomic E-state index is 13.2. The van der Waals surface area contributed by atoms with Gasteiger partial charge in [0, 0.05) is 6.54 Å². The molecule has 0 unspecified atom stereocenters. The van der Waals surface area contributed by atoms with Crippen LogP contribution in [0.3, 0.4) is 0 Å². The molecular weight excluding hydrogens is 524 g/mol. The number of hydrogen-bond acceptors (Lipinski definition) is 4. The van der Waals surface area contributed by atoms with Gasteiger partial charge in [-0.3, -0.25) is 9.10 Å². The number of halogens is 5. The van der Waals surface area contributed by atoms with Crippen LogP contribution in [0, 0.1) is 5.82 Å². The molecular formula is C24H21ClF4N2O4S. The van der Waals surface area contributed by atoms with Gasteiger partial charge in [0.05, 0.1) is 22.5 Å². The molecule has 0 heterocycles. The van der Waals surface area contributed by atoms with E-state index >= 15 is 0 Å². The van der Waals surface area contributed by atoms with E-state index < -0.39 is 39.2 Å². The quantitative estimate of drug-likeness (QED) is 0.378. The van der Waals surface area contributed by atoms with Crippen LogP contribution < -0.4 is 14.4 Å². The first-order chi connectivity index (χ1) is 16.8. The van der Waals surface area contributed by atoms with Crippen molar-refractivity contribution >= 4 is 33.2 Å². The van der Waals surface area contributed by atoms with Crippen LogP contribution in [-0.4, -0.2) is 27.1 Å². The summed E-state index contributed by atoms with van der Waals surface area (Å²) in [4.78, 5) is 12.4. The van der Waals surface area contributed by atoms with Crippen molar-refractivity contribution in [3.05, 3.63) is 94.3 Å². The topological polar surface area (TPSA) is 75.7 Å². The Labute approximate surface area is 210 Å². The zero-order valence-electron chi connectivity index (χ0n) is 18.9. The average molecular weight is 545 g/mol. The number of ether oxygens (including phenoxy) is 1. The zero-order valence-corrected chi connectivity index (χ0v) is 20.4. The van der Waals surface area contributed by atoms with Crippen LogP contribution in [0.25, 0.3) is 0 Å². The minimum atomic E-state index is -4.80. The van der Waals surface area contributed by atoms with E-state index in [1.807, 2.05) is 0 Å². The number of carbonyl (C=O) groups excluding carboxylic acids is 1. The summed E-state index contributed by atoms with van der Waals surface area (Å²) >= 11 is 5.60. The van der Waals surface area contributed by atoms with E-state index in [1.54, 1.807) is 36.4 Å². The number of hydrogen-bond donors (Lipinski definition) is 1. The van der Waals surface area contributed by atoms with E-state index in [-0.39, 0.29) is 24.7 Å². The van der Waals surface area contributed by atoms with E-state index in [1.165, 1.54) is 12.1 Å². The lowest BCUT2D eigenvalue weighted by Gasteiger charge is -2.23. The molecule has 0 aliphatic heterocycles. The Morgan fingerprint density at radius 1 is 1.00 bits per heavy atom. The molecule has 3 aromatic carbocycles. The molecule has 12 heteroatoms. The summed E-state index contributed by atoms with van der Waals surface area (Å²) in [5.41, 5.74) is -0.0926. The van der Waals surface area contributed by atoms with Crippen molar-refractivity contribution in [1.29, 1.82) is 0 Å². The van der Waals surface area contributed by atoms with Crippen molar-refractivity contribution in [2.24, 2.45) is 0 Å². The first kappa shape index (κ1) is 27.3. The van der Waals surface area contributed by atoms with Gasteiger partial charge in [0.25, 0.3) is 0 Å². The molecule has 0 saturated heterocycles. The van der Waals surface area contributed by atoms with Crippen molar-refractivity contribution < 1.29 is 35.5 Å². The first-order valence-corrected chi connectivity index (χ1v) is 12.6. The summed E-state index contributed by atoms with van der Waals surface area (Å²) in [6.45, 7) is -0.446. The summed E-state index contributed by atoms with van der Waals surface area (Å²) in [7, 11) is -4.08. The van der Waals surface area contributed by atoms with E-state index in [0.29, 0.717) is 21.7 Å². The van der Waals surface area contributed by atoms with Gasteiger partial charge >= 0.3 is 6.18 Å². The second kappa shape index (κ2) is 11.2. The Morgan fingerprint density at radius 3 is 2.19 bits per heavy atom. The number of nitrogens with one attached hydrogen (secondary N) is 1. The van der Waals surface area contributed by atoms with Gasteiger partial charge in [0.1, 0.15) is 24.7 Å². The molecule has 0 aromatic heterocycles. The van der Waals surface area contributed by atoms with Gasteiger partial charge in [-0.05, 0) is 53.6 Å². The molecule has 3 aromatic rings. The van der Waals surface area contributed by atoms with Crippen LogP contribution in [0.2, 0.25) is 5.02 Å². The van der Waals surface area contributed by atoms with E-state index in [0.717, 1.165) is 24.0 Å². The fraction of sp³-hybridized carbons (Fsp3) is 0.208. The Bertz CT molecular complexity index is 1320.